The Bertz CT molecular complexity index is 914. The second-order valence-corrected chi connectivity index (χ2v) is 11.2. The second kappa shape index (κ2) is 15.6. The normalized spacial score (nSPS) is 52.9. The van der Waals surface area contributed by atoms with Gasteiger partial charge in [0.15, 0.2) is 25.2 Å². The minimum absolute atomic E-state index is 0.704. The number of hydrogen-bond donors (Lipinski definition) is 14. The molecule has 4 aliphatic rings. The van der Waals surface area contributed by atoms with E-state index in [0.717, 1.165) is 0 Å². The van der Waals surface area contributed by atoms with Gasteiger partial charge >= 0.3 is 0 Å². The minimum Gasteiger partial charge on any atom is -0.394 e. The van der Waals surface area contributed by atoms with Gasteiger partial charge < -0.3 is 105 Å². The smallest absolute Gasteiger partial charge is 0.187 e. The summed E-state index contributed by atoms with van der Waals surface area (Å²) in [6, 6.07) is 0. The standard InChI is InChI=1S/C24H42O21/c25-1-5-9(28)13(32)16(35)22(41-5)39-4-8-12(31)19(18(37)21(38)40-8)44-24-20(15(34)11(30)7(3-27)43-24)45-23-17(36)14(33)10(29)6(2-26)42-23/h5-38H,1-4H2/t5-,6-,7-,8-,9-,10-,11-,12-,13+,14+,15+,16+,17+,18+,19+,20+,21+,22+,23-,24-/m1/s1. The van der Waals surface area contributed by atoms with Crippen LogP contribution in [0.5, 0.6) is 0 Å². The van der Waals surface area contributed by atoms with Gasteiger partial charge in [0.1, 0.15) is 97.7 Å². The summed E-state index contributed by atoms with van der Waals surface area (Å²) in [5.41, 5.74) is 0. The molecule has 0 spiro atoms. The highest BCUT2D eigenvalue weighted by Crippen LogP contribution is 2.33. The van der Waals surface area contributed by atoms with Crippen LogP contribution in [0.15, 0.2) is 0 Å². The third-order valence-electron chi connectivity index (χ3n) is 8.19. The lowest BCUT2D eigenvalue weighted by Gasteiger charge is -2.48. The van der Waals surface area contributed by atoms with Crippen molar-refractivity contribution in [1.82, 2.24) is 0 Å². The largest absolute Gasteiger partial charge is 0.394 e. The van der Waals surface area contributed by atoms with Crippen LogP contribution in [-0.2, 0) is 33.2 Å². The summed E-state index contributed by atoms with van der Waals surface area (Å²) >= 11 is 0. The number of aliphatic hydroxyl groups excluding tert-OH is 14. The van der Waals surface area contributed by atoms with Crippen molar-refractivity contribution < 1.29 is 105 Å². The molecular formula is C24H42O21. The molecule has 4 heterocycles. The maximum absolute atomic E-state index is 11.0. The van der Waals surface area contributed by atoms with E-state index in [4.69, 9.17) is 33.2 Å². The van der Waals surface area contributed by atoms with Crippen LogP contribution in [0.2, 0.25) is 0 Å². The lowest BCUT2D eigenvalue weighted by Crippen LogP contribution is -2.67. The molecule has 0 aliphatic carbocycles. The molecule has 45 heavy (non-hydrogen) atoms. The number of hydrogen-bond acceptors (Lipinski definition) is 21. The lowest BCUT2D eigenvalue weighted by molar-refractivity contribution is -0.389. The maximum atomic E-state index is 11.0. The van der Waals surface area contributed by atoms with E-state index in [2.05, 4.69) is 0 Å². The third-order valence-corrected chi connectivity index (χ3v) is 8.19. The van der Waals surface area contributed by atoms with Crippen LogP contribution in [0.3, 0.4) is 0 Å². The first-order chi connectivity index (χ1) is 21.2. The van der Waals surface area contributed by atoms with Gasteiger partial charge in [-0.15, -0.1) is 0 Å². The van der Waals surface area contributed by atoms with Crippen molar-refractivity contribution in [3.8, 4) is 0 Å². The Morgan fingerprint density at radius 1 is 0.378 bits per heavy atom. The van der Waals surface area contributed by atoms with E-state index >= 15 is 0 Å². The van der Waals surface area contributed by atoms with E-state index < -0.39 is 149 Å². The molecule has 21 heteroatoms. The van der Waals surface area contributed by atoms with Crippen molar-refractivity contribution in [2.75, 3.05) is 26.4 Å². The fourth-order valence-electron chi connectivity index (χ4n) is 5.41. The lowest BCUT2D eigenvalue weighted by atomic mass is 9.96. The van der Waals surface area contributed by atoms with E-state index in [1.165, 1.54) is 0 Å². The molecule has 20 atom stereocenters. The minimum atomic E-state index is -2.06. The Kier molecular flexibility index (Phi) is 12.8. The van der Waals surface area contributed by atoms with Crippen LogP contribution in [0.1, 0.15) is 0 Å². The quantitative estimate of drug-likeness (QED) is 0.103. The molecule has 0 radical (unpaired) electrons. The zero-order valence-electron chi connectivity index (χ0n) is 23.5. The Balaban J connectivity index is 1.50. The van der Waals surface area contributed by atoms with Crippen LogP contribution in [0.4, 0.5) is 0 Å². The van der Waals surface area contributed by atoms with Crippen LogP contribution in [0, 0.1) is 0 Å². The summed E-state index contributed by atoms with van der Waals surface area (Å²) in [4.78, 5) is 0. The molecule has 0 aromatic carbocycles. The highest BCUT2D eigenvalue weighted by Gasteiger charge is 2.54. The molecule has 4 fully saturated rings. The molecule has 4 saturated heterocycles. The van der Waals surface area contributed by atoms with Crippen LogP contribution in [0.25, 0.3) is 0 Å². The van der Waals surface area contributed by atoms with E-state index in [1.807, 2.05) is 0 Å². The topological polar surface area (TPSA) is 348 Å². The molecule has 4 rings (SSSR count). The molecule has 0 aromatic rings. The van der Waals surface area contributed by atoms with Crippen LogP contribution >= 0.6 is 0 Å². The first kappa shape index (κ1) is 37.0. The molecule has 0 aromatic heterocycles. The van der Waals surface area contributed by atoms with Gasteiger partial charge in [0.25, 0.3) is 0 Å². The van der Waals surface area contributed by atoms with Crippen molar-refractivity contribution in [1.29, 1.82) is 0 Å². The summed E-state index contributed by atoms with van der Waals surface area (Å²) in [5, 5.41) is 142. The summed E-state index contributed by atoms with van der Waals surface area (Å²) in [7, 11) is 0. The second-order valence-electron chi connectivity index (χ2n) is 11.2. The predicted molar refractivity (Wildman–Crippen MR) is 134 cm³/mol. The molecule has 14 N–H and O–H groups in total. The summed E-state index contributed by atoms with van der Waals surface area (Å²) < 4.78 is 37.7. The molecule has 0 saturated carbocycles. The average Bonchev–Trinajstić information content (AvgIpc) is 3.03. The van der Waals surface area contributed by atoms with Gasteiger partial charge in [-0.3, -0.25) is 0 Å². The molecule has 21 nitrogen and oxygen atoms in total. The Hall–Kier alpha value is -0.840. The van der Waals surface area contributed by atoms with Gasteiger partial charge in [0.05, 0.1) is 26.4 Å². The molecule has 4 aliphatic heterocycles. The van der Waals surface area contributed by atoms with Gasteiger partial charge in [-0.1, -0.05) is 0 Å². The summed E-state index contributed by atoms with van der Waals surface area (Å²) in [6.45, 7) is -3.15. The summed E-state index contributed by atoms with van der Waals surface area (Å²) in [5.74, 6) is 0. The van der Waals surface area contributed by atoms with E-state index in [1.54, 1.807) is 0 Å². The first-order valence-electron chi connectivity index (χ1n) is 14.1. The molecule has 0 bridgehead atoms. The number of aliphatic hydroxyl groups is 14. The average molecular weight is 667 g/mol. The van der Waals surface area contributed by atoms with E-state index in [-0.39, 0.29) is 0 Å². The van der Waals surface area contributed by atoms with Gasteiger partial charge in [0, 0.05) is 0 Å². The highest BCUT2D eigenvalue weighted by molar-refractivity contribution is 4.97. The zero-order chi connectivity index (χ0) is 33.3. The molecule has 0 unspecified atom stereocenters. The van der Waals surface area contributed by atoms with Crippen molar-refractivity contribution in [3.63, 3.8) is 0 Å². The van der Waals surface area contributed by atoms with Gasteiger partial charge in [-0.2, -0.15) is 0 Å². The third kappa shape index (κ3) is 7.59. The Morgan fingerprint density at radius 3 is 1.36 bits per heavy atom. The number of rotatable bonds is 10. The highest BCUT2D eigenvalue weighted by atomic mass is 16.8. The van der Waals surface area contributed by atoms with Crippen LogP contribution in [-0.4, -0.2) is 221 Å². The molecule has 264 valence electrons. The van der Waals surface area contributed by atoms with Crippen molar-refractivity contribution >= 4 is 0 Å². The van der Waals surface area contributed by atoms with E-state index in [0.29, 0.717) is 0 Å². The van der Waals surface area contributed by atoms with Crippen molar-refractivity contribution in [2.24, 2.45) is 0 Å². The maximum Gasteiger partial charge on any atom is 0.187 e. The van der Waals surface area contributed by atoms with Crippen LogP contribution < -0.4 is 0 Å². The first-order valence-corrected chi connectivity index (χ1v) is 14.1. The zero-order valence-corrected chi connectivity index (χ0v) is 23.5. The fraction of sp³-hybridized carbons (Fsp3) is 1.00. The monoisotopic (exact) mass is 666 g/mol. The Morgan fingerprint density at radius 2 is 0.822 bits per heavy atom. The van der Waals surface area contributed by atoms with Gasteiger partial charge in [0.2, 0.25) is 0 Å². The fourth-order valence-corrected chi connectivity index (χ4v) is 5.41. The SMILES string of the molecule is OC[C@H]1O[C@H](OC[C@H]2O[C@H](O)[C@@H](O)[C@@H](O[C@H]3O[C@H](CO)[C@@H](O)[C@H](O)[C@@H]3O[C@H]3O[C@H](CO)[C@@H](O)[C@H](O)[C@@H]3O)[C@@H]2O)[C@@H](O)[C@@H](O)[C@@H]1O. The van der Waals surface area contributed by atoms with Gasteiger partial charge in [-0.05, 0) is 0 Å². The predicted octanol–water partition coefficient (Wildman–Crippen LogP) is -9.75. The van der Waals surface area contributed by atoms with E-state index in [9.17, 15) is 71.5 Å². The molecule has 0 amide bonds. The Labute approximate surface area is 254 Å². The number of ether oxygens (including phenoxy) is 7. The van der Waals surface area contributed by atoms with Crippen molar-refractivity contribution in [2.45, 2.75) is 123 Å². The molecular weight excluding hydrogens is 624 g/mol. The van der Waals surface area contributed by atoms with Crippen molar-refractivity contribution in [3.05, 3.63) is 0 Å². The van der Waals surface area contributed by atoms with Gasteiger partial charge in [-0.25, -0.2) is 0 Å². The summed E-state index contributed by atoms with van der Waals surface area (Å²) in [6.07, 6.45) is -35.7.